The molecule has 6 nitrogen and oxygen atoms in total. The zero-order valence-electron chi connectivity index (χ0n) is 14.2. The quantitative estimate of drug-likeness (QED) is 0.790. The molecule has 9 heteroatoms. The van der Waals surface area contributed by atoms with E-state index < -0.39 is 27.8 Å². The number of aliphatic hydroxyl groups is 1. The van der Waals surface area contributed by atoms with Crippen LogP contribution < -0.4 is 5.32 Å². The summed E-state index contributed by atoms with van der Waals surface area (Å²) in [5, 5.41) is 11.8. The van der Waals surface area contributed by atoms with E-state index in [1.807, 2.05) is 0 Å². The number of carbonyl (C=O) groups is 1. The standard InChI is InChI=1S/C18H18ClFN2O4S/c19-16-7-6-13(10-17(16)20)21-18(24)12-3-1-5-15(9-12)27(25,26)22-8-2-4-14(22)11-23/h1,3,5-7,9-10,14,23H,2,4,8,11H2,(H,21,24). The first-order chi connectivity index (χ1) is 12.8. The summed E-state index contributed by atoms with van der Waals surface area (Å²) in [4.78, 5) is 12.4. The third kappa shape index (κ3) is 4.14. The molecule has 0 radical (unpaired) electrons. The van der Waals surface area contributed by atoms with Gasteiger partial charge in [-0.2, -0.15) is 4.31 Å². The van der Waals surface area contributed by atoms with E-state index in [0.717, 1.165) is 6.07 Å². The fraction of sp³-hybridized carbons (Fsp3) is 0.278. The van der Waals surface area contributed by atoms with Crippen LogP contribution in [0, 0.1) is 5.82 Å². The van der Waals surface area contributed by atoms with Crippen molar-refractivity contribution in [3.8, 4) is 0 Å². The van der Waals surface area contributed by atoms with Gasteiger partial charge in [0.1, 0.15) is 5.82 Å². The van der Waals surface area contributed by atoms with Gasteiger partial charge in [0.05, 0.1) is 16.5 Å². The molecule has 2 aromatic carbocycles. The number of aliphatic hydroxyl groups excluding tert-OH is 1. The minimum Gasteiger partial charge on any atom is -0.395 e. The highest BCUT2D eigenvalue weighted by atomic mass is 35.5. The summed E-state index contributed by atoms with van der Waals surface area (Å²) in [5.41, 5.74) is 0.321. The molecular weight excluding hydrogens is 395 g/mol. The lowest BCUT2D eigenvalue weighted by Gasteiger charge is -2.22. The minimum atomic E-state index is -3.83. The van der Waals surface area contributed by atoms with Crippen LogP contribution in [0.25, 0.3) is 0 Å². The van der Waals surface area contributed by atoms with Crippen molar-refractivity contribution >= 4 is 33.2 Å². The first kappa shape index (κ1) is 19.8. The van der Waals surface area contributed by atoms with Crippen LogP contribution >= 0.6 is 11.6 Å². The summed E-state index contributed by atoms with van der Waals surface area (Å²) in [5.74, 6) is -1.25. The van der Waals surface area contributed by atoms with Crippen LogP contribution in [0.3, 0.4) is 0 Å². The topological polar surface area (TPSA) is 86.7 Å². The molecule has 1 fully saturated rings. The molecule has 1 amide bonds. The number of amides is 1. The van der Waals surface area contributed by atoms with Gasteiger partial charge in [0.2, 0.25) is 10.0 Å². The third-order valence-corrected chi connectivity index (χ3v) is 6.67. The van der Waals surface area contributed by atoms with Crippen LogP contribution in [0.2, 0.25) is 5.02 Å². The Morgan fingerprint density at radius 2 is 2.07 bits per heavy atom. The summed E-state index contributed by atoms with van der Waals surface area (Å²) in [7, 11) is -3.83. The van der Waals surface area contributed by atoms with Crippen molar-refractivity contribution in [3.05, 3.63) is 58.9 Å². The van der Waals surface area contributed by atoms with Crippen molar-refractivity contribution in [2.75, 3.05) is 18.5 Å². The number of benzene rings is 2. The monoisotopic (exact) mass is 412 g/mol. The Hall–Kier alpha value is -2.00. The second kappa shape index (κ2) is 7.93. The number of nitrogens with one attached hydrogen (secondary N) is 1. The Labute approximate surface area is 161 Å². The van der Waals surface area contributed by atoms with Crippen molar-refractivity contribution in [2.45, 2.75) is 23.8 Å². The number of hydrogen-bond acceptors (Lipinski definition) is 4. The molecule has 1 unspecified atom stereocenters. The molecule has 1 atom stereocenters. The zero-order valence-corrected chi connectivity index (χ0v) is 15.8. The molecule has 0 saturated carbocycles. The maximum atomic E-state index is 13.5. The highest BCUT2D eigenvalue weighted by Crippen LogP contribution is 2.26. The van der Waals surface area contributed by atoms with E-state index >= 15 is 0 Å². The Bertz CT molecular complexity index is 968. The summed E-state index contributed by atoms with van der Waals surface area (Å²) in [6.07, 6.45) is 1.27. The molecule has 3 rings (SSSR count). The van der Waals surface area contributed by atoms with Gasteiger partial charge in [0.25, 0.3) is 5.91 Å². The number of carbonyl (C=O) groups excluding carboxylic acids is 1. The molecule has 1 heterocycles. The maximum absolute atomic E-state index is 13.5. The van der Waals surface area contributed by atoms with Crippen molar-refractivity contribution in [2.24, 2.45) is 0 Å². The summed E-state index contributed by atoms with van der Waals surface area (Å²) < 4.78 is 40.4. The van der Waals surface area contributed by atoms with E-state index in [-0.39, 0.29) is 27.8 Å². The highest BCUT2D eigenvalue weighted by molar-refractivity contribution is 7.89. The second-order valence-corrected chi connectivity index (χ2v) is 8.50. The molecule has 1 aliphatic rings. The molecular formula is C18H18ClFN2O4S. The minimum absolute atomic E-state index is 0.0298. The van der Waals surface area contributed by atoms with Gasteiger partial charge in [-0.1, -0.05) is 17.7 Å². The van der Waals surface area contributed by atoms with Gasteiger partial charge in [-0.15, -0.1) is 0 Å². The van der Waals surface area contributed by atoms with Crippen LogP contribution in [0.15, 0.2) is 47.4 Å². The number of sulfonamides is 1. The summed E-state index contributed by atoms with van der Waals surface area (Å²) >= 11 is 5.61. The van der Waals surface area contributed by atoms with E-state index in [1.165, 1.54) is 40.7 Å². The predicted molar refractivity (Wildman–Crippen MR) is 99.8 cm³/mol. The fourth-order valence-electron chi connectivity index (χ4n) is 3.02. The second-order valence-electron chi connectivity index (χ2n) is 6.21. The van der Waals surface area contributed by atoms with Gasteiger partial charge >= 0.3 is 0 Å². The molecule has 0 aliphatic carbocycles. The van der Waals surface area contributed by atoms with Gasteiger partial charge in [-0.3, -0.25) is 4.79 Å². The predicted octanol–water partition coefficient (Wildman–Crippen LogP) is 2.88. The maximum Gasteiger partial charge on any atom is 0.255 e. The van der Waals surface area contributed by atoms with Crippen LogP contribution in [-0.4, -0.2) is 42.9 Å². The lowest BCUT2D eigenvalue weighted by molar-refractivity contribution is 0.102. The molecule has 144 valence electrons. The lowest BCUT2D eigenvalue weighted by atomic mass is 10.2. The first-order valence-electron chi connectivity index (χ1n) is 8.32. The van der Waals surface area contributed by atoms with Gasteiger partial charge in [0, 0.05) is 23.8 Å². The number of nitrogens with zero attached hydrogens (tertiary/aromatic N) is 1. The van der Waals surface area contributed by atoms with Crippen molar-refractivity contribution in [1.82, 2.24) is 4.31 Å². The molecule has 1 aliphatic heterocycles. The van der Waals surface area contributed by atoms with Gasteiger partial charge in [0.15, 0.2) is 0 Å². The Morgan fingerprint density at radius 1 is 1.30 bits per heavy atom. The summed E-state index contributed by atoms with van der Waals surface area (Å²) in [6, 6.07) is 8.99. The van der Waals surface area contributed by atoms with Gasteiger partial charge < -0.3 is 10.4 Å². The molecule has 2 N–H and O–H groups in total. The molecule has 27 heavy (non-hydrogen) atoms. The smallest absolute Gasteiger partial charge is 0.255 e. The van der Waals surface area contributed by atoms with E-state index in [2.05, 4.69) is 5.32 Å². The Balaban J connectivity index is 1.84. The zero-order chi connectivity index (χ0) is 19.6. The average Bonchev–Trinajstić information content (AvgIpc) is 3.14. The van der Waals surface area contributed by atoms with Crippen molar-refractivity contribution in [3.63, 3.8) is 0 Å². The normalized spacial score (nSPS) is 17.8. The first-order valence-corrected chi connectivity index (χ1v) is 10.1. The number of rotatable bonds is 5. The number of anilines is 1. The number of halogens is 2. The van der Waals surface area contributed by atoms with Crippen LogP contribution in [-0.2, 0) is 10.0 Å². The van der Waals surface area contributed by atoms with E-state index in [0.29, 0.717) is 19.4 Å². The van der Waals surface area contributed by atoms with E-state index in [9.17, 15) is 22.7 Å². The van der Waals surface area contributed by atoms with Crippen LogP contribution in [0.1, 0.15) is 23.2 Å². The number of hydrogen-bond donors (Lipinski definition) is 2. The molecule has 1 saturated heterocycles. The van der Waals surface area contributed by atoms with E-state index in [4.69, 9.17) is 11.6 Å². The van der Waals surface area contributed by atoms with Gasteiger partial charge in [-0.05, 0) is 49.2 Å². The highest BCUT2D eigenvalue weighted by Gasteiger charge is 2.35. The fourth-order valence-corrected chi connectivity index (χ4v) is 4.87. The van der Waals surface area contributed by atoms with E-state index in [1.54, 1.807) is 0 Å². The molecule has 0 bridgehead atoms. The largest absolute Gasteiger partial charge is 0.395 e. The SMILES string of the molecule is O=C(Nc1ccc(Cl)c(F)c1)c1cccc(S(=O)(=O)N2CCCC2CO)c1. The average molecular weight is 413 g/mol. The molecule has 2 aromatic rings. The van der Waals surface area contributed by atoms with Crippen LogP contribution in [0.4, 0.5) is 10.1 Å². The summed E-state index contributed by atoms with van der Waals surface area (Å²) in [6.45, 7) is 0.0789. The van der Waals surface area contributed by atoms with Gasteiger partial charge in [-0.25, -0.2) is 12.8 Å². The third-order valence-electron chi connectivity index (χ3n) is 4.41. The van der Waals surface area contributed by atoms with Crippen LogP contribution in [0.5, 0.6) is 0 Å². The Morgan fingerprint density at radius 3 is 2.78 bits per heavy atom. The Kier molecular flexibility index (Phi) is 5.81. The molecule has 0 spiro atoms. The molecule has 0 aromatic heterocycles. The van der Waals surface area contributed by atoms with Crippen molar-refractivity contribution in [1.29, 1.82) is 0 Å². The lowest BCUT2D eigenvalue weighted by Crippen LogP contribution is -2.37. The van der Waals surface area contributed by atoms with Crippen molar-refractivity contribution < 1.29 is 22.7 Å².